The van der Waals surface area contributed by atoms with Crippen molar-refractivity contribution >= 4 is 17.5 Å². The largest absolute Gasteiger partial charge is 0.354 e. The minimum Gasteiger partial charge on any atom is -0.354 e. The average molecular weight is 335 g/mol. The molecule has 23 heavy (non-hydrogen) atoms. The third-order valence-electron chi connectivity index (χ3n) is 3.66. The molecule has 2 rings (SSSR count). The third-order valence-corrected chi connectivity index (χ3v) is 4.00. The predicted octanol–water partition coefficient (Wildman–Crippen LogP) is 3.44. The monoisotopic (exact) mass is 334 g/mol. The topological polar surface area (TPSA) is 32.3 Å². The van der Waals surface area contributed by atoms with E-state index >= 15 is 0 Å². The molecule has 0 aliphatic rings. The van der Waals surface area contributed by atoms with Gasteiger partial charge in [0.05, 0.1) is 12.5 Å². The Morgan fingerprint density at radius 2 is 1.83 bits per heavy atom. The summed E-state index contributed by atoms with van der Waals surface area (Å²) in [5.74, 6) is -0.406. The second-order valence-electron chi connectivity index (χ2n) is 5.61. The molecule has 1 unspecified atom stereocenters. The fraction of sp³-hybridized carbons (Fsp3) is 0.278. The van der Waals surface area contributed by atoms with Crippen LogP contribution in [0, 0.1) is 5.82 Å². The molecule has 0 heterocycles. The number of amides is 1. The molecule has 0 aliphatic heterocycles. The number of rotatable bonds is 6. The van der Waals surface area contributed by atoms with Crippen LogP contribution in [0.15, 0.2) is 48.5 Å². The number of benzene rings is 2. The Hall–Kier alpha value is -1.91. The lowest BCUT2D eigenvalue weighted by Crippen LogP contribution is -2.35. The lowest BCUT2D eigenvalue weighted by Gasteiger charge is -2.26. The number of halogens is 2. The Labute approximate surface area is 141 Å². The first-order valence-electron chi connectivity index (χ1n) is 7.39. The van der Waals surface area contributed by atoms with Crippen LogP contribution in [0.5, 0.6) is 0 Å². The zero-order valence-electron chi connectivity index (χ0n) is 13.2. The molecule has 0 aliphatic carbocycles. The van der Waals surface area contributed by atoms with Crippen LogP contribution in [-0.4, -0.2) is 31.4 Å². The van der Waals surface area contributed by atoms with E-state index < -0.39 is 0 Å². The standard InChI is InChI=1S/C18H20ClFN2O/c1-22(2)17(15-5-3-4-6-16(15)19)12-21-18(23)11-13-7-9-14(20)10-8-13/h3-10,17H,11-12H2,1-2H3,(H,21,23). The van der Waals surface area contributed by atoms with Crippen molar-refractivity contribution in [3.8, 4) is 0 Å². The highest BCUT2D eigenvalue weighted by molar-refractivity contribution is 6.31. The summed E-state index contributed by atoms with van der Waals surface area (Å²) in [6.45, 7) is 0.455. The van der Waals surface area contributed by atoms with Crippen molar-refractivity contribution < 1.29 is 9.18 Å². The van der Waals surface area contributed by atoms with Gasteiger partial charge in [-0.2, -0.15) is 0 Å². The molecule has 2 aromatic rings. The molecule has 1 atom stereocenters. The Balaban J connectivity index is 1.97. The van der Waals surface area contributed by atoms with Crippen LogP contribution in [0.25, 0.3) is 0 Å². The molecule has 0 bridgehead atoms. The van der Waals surface area contributed by atoms with Crippen molar-refractivity contribution in [2.24, 2.45) is 0 Å². The van der Waals surface area contributed by atoms with Crippen molar-refractivity contribution in [1.29, 1.82) is 0 Å². The van der Waals surface area contributed by atoms with Gasteiger partial charge in [-0.3, -0.25) is 4.79 Å². The van der Waals surface area contributed by atoms with E-state index in [4.69, 9.17) is 11.6 Å². The van der Waals surface area contributed by atoms with Crippen molar-refractivity contribution in [3.05, 3.63) is 70.5 Å². The summed E-state index contributed by atoms with van der Waals surface area (Å²) in [6.07, 6.45) is 0.225. The molecule has 0 saturated carbocycles. The summed E-state index contributed by atoms with van der Waals surface area (Å²) in [6, 6.07) is 13.5. The maximum absolute atomic E-state index is 12.9. The Kier molecular flexibility index (Phi) is 6.13. The van der Waals surface area contributed by atoms with E-state index in [-0.39, 0.29) is 24.2 Å². The van der Waals surface area contributed by atoms with Crippen molar-refractivity contribution in [1.82, 2.24) is 10.2 Å². The van der Waals surface area contributed by atoms with E-state index in [9.17, 15) is 9.18 Å². The van der Waals surface area contributed by atoms with Gasteiger partial charge in [0.1, 0.15) is 5.82 Å². The SMILES string of the molecule is CN(C)C(CNC(=O)Cc1ccc(F)cc1)c1ccccc1Cl. The highest BCUT2D eigenvalue weighted by atomic mass is 35.5. The number of carbonyl (C=O) groups excluding carboxylic acids is 1. The minimum atomic E-state index is -0.305. The van der Waals surface area contributed by atoms with E-state index in [1.807, 2.05) is 43.3 Å². The highest BCUT2D eigenvalue weighted by Crippen LogP contribution is 2.25. The number of likely N-dealkylation sites (N-methyl/N-ethyl adjacent to an activating group) is 1. The summed E-state index contributed by atoms with van der Waals surface area (Å²) >= 11 is 6.25. The van der Waals surface area contributed by atoms with Crippen LogP contribution in [-0.2, 0) is 11.2 Å². The maximum atomic E-state index is 12.9. The van der Waals surface area contributed by atoms with Crippen LogP contribution < -0.4 is 5.32 Å². The molecule has 0 radical (unpaired) electrons. The van der Waals surface area contributed by atoms with Gasteiger partial charge in [0, 0.05) is 11.6 Å². The molecule has 0 saturated heterocycles. The molecular formula is C18H20ClFN2O. The smallest absolute Gasteiger partial charge is 0.224 e. The van der Waals surface area contributed by atoms with Gasteiger partial charge >= 0.3 is 0 Å². The van der Waals surface area contributed by atoms with Crippen LogP contribution in [0.4, 0.5) is 4.39 Å². The van der Waals surface area contributed by atoms with Gasteiger partial charge in [-0.25, -0.2) is 4.39 Å². The molecule has 0 aromatic heterocycles. The molecule has 0 fully saturated rings. The average Bonchev–Trinajstić information content (AvgIpc) is 2.51. The van der Waals surface area contributed by atoms with Crippen molar-refractivity contribution in [3.63, 3.8) is 0 Å². The first-order valence-corrected chi connectivity index (χ1v) is 7.77. The van der Waals surface area contributed by atoms with E-state index in [0.29, 0.717) is 11.6 Å². The van der Waals surface area contributed by atoms with Gasteiger partial charge in [0.25, 0.3) is 0 Å². The third kappa shape index (κ3) is 5.05. The van der Waals surface area contributed by atoms with Gasteiger partial charge in [-0.1, -0.05) is 41.9 Å². The lowest BCUT2D eigenvalue weighted by atomic mass is 10.1. The van der Waals surface area contributed by atoms with Gasteiger partial charge in [-0.15, -0.1) is 0 Å². The van der Waals surface area contributed by atoms with Gasteiger partial charge in [0.2, 0.25) is 5.91 Å². The van der Waals surface area contributed by atoms with Crippen molar-refractivity contribution in [2.75, 3.05) is 20.6 Å². The van der Waals surface area contributed by atoms with E-state index in [1.165, 1.54) is 12.1 Å². The van der Waals surface area contributed by atoms with Gasteiger partial charge in [0.15, 0.2) is 0 Å². The van der Waals surface area contributed by atoms with E-state index in [0.717, 1.165) is 11.1 Å². The molecule has 5 heteroatoms. The highest BCUT2D eigenvalue weighted by Gasteiger charge is 2.17. The summed E-state index contributed by atoms with van der Waals surface area (Å²) in [7, 11) is 3.89. The second kappa shape index (κ2) is 8.09. The van der Waals surface area contributed by atoms with E-state index in [2.05, 4.69) is 5.32 Å². The minimum absolute atomic E-state index is 0.0131. The van der Waals surface area contributed by atoms with Crippen LogP contribution in [0.3, 0.4) is 0 Å². The fourth-order valence-electron chi connectivity index (χ4n) is 2.38. The molecule has 3 nitrogen and oxygen atoms in total. The lowest BCUT2D eigenvalue weighted by molar-refractivity contribution is -0.120. The molecule has 0 spiro atoms. The Bertz CT molecular complexity index is 658. The molecule has 1 N–H and O–H groups in total. The van der Waals surface area contributed by atoms with Crippen LogP contribution in [0.1, 0.15) is 17.2 Å². The number of nitrogens with one attached hydrogen (secondary N) is 1. The molecule has 1 amide bonds. The molecular weight excluding hydrogens is 315 g/mol. The fourth-order valence-corrected chi connectivity index (χ4v) is 2.64. The Morgan fingerprint density at radius 1 is 1.17 bits per heavy atom. The zero-order valence-corrected chi connectivity index (χ0v) is 14.0. The second-order valence-corrected chi connectivity index (χ2v) is 6.02. The molecule has 122 valence electrons. The van der Waals surface area contributed by atoms with Gasteiger partial charge < -0.3 is 10.2 Å². The quantitative estimate of drug-likeness (QED) is 0.877. The number of hydrogen-bond donors (Lipinski definition) is 1. The van der Waals surface area contributed by atoms with Crippen LogP contribution in [0.2, 0.25) is 5.02 Å². The number of nitrogens with zero attached hydrogens (tertiary/aromatic N) is 1. The molecule has 2 aromatic carbocycles. The normalized spacial score (nSPS) is 12.2. The summed E-state index contributed by atoms with van der Waals surface area (Å²) in [5, 5.41) is 3.60. The Morgan fingerprint density at radius 3 is 2.43 bits per heavy atom. The summed E-state index contributed by atoms with van der Waals surface area (Å²) in [4.78, 5) is 14.1. The first kappa shape index (κ1) is 17.4. The maximum Gasteiger partial charge on any atom is 0.224 e. The van der Waals surface area contributed by atoms with Gasteiger partial charge in [-0.05, 0) is 43.4 Å². The van der Waals surface area contributed by atoms with Crippen LogP contribution >= 0.6 is 11.6 Å². The zero-order chi connectivity index (χ0) is 16.8. The van der Waals surface area contributed by atoms with E-state index in [1.54, 1.807) is 12.1 Å². The summed E-state index contributed by atoms with van der Waals surface area (Å²) in [5.41, 5.74) is 1.75. The number of carbonyl (C=O) groups is 1. The van der Waals surface area contributed by atoms with Crippen molar-refractivity contribution in [2.45, 2.75) is 12.5 Å². The predicted molar refractivity (Wildman–Crippen MR) is 91.0 cm³/mol. The number of hydrogen-bond acceptors (Lipinski definition) is 2. The summed E-state index contributed by atoms with van der Waals surface area (Å²) < 4.78 is 12.9. The first-order chi connectivity index (χ1) is 11.0.